The molecule has 0 saturated heterocycles. The van der Waals surface area contributed by atoms with E-state index in [1.54, 1.807) is 6.07 Å². The van der Waals surface area contributed by atoms with Gasteiger partial charge >= 0.3 is 0 Å². The van der Waals surface area contributed by atoms with Gasteiger partial charge in [0.1, 0.15) is 0 Å². The number of nitrogens with zero attached hydrogens (tertiary/aromatic N) is 2. The molecule has 0 unspecified atom stereocenters. The number of hydrogen-bond acceptors (Lipinski definition) is 6. The van der Waals surface area contributed by atoms with Crippen LogP contribution in [0.3, 0.4) is 0 Å². The summed E-state index contributed by atoms with van der Waals surface area (Å²) in [5.74, 6) is 0.988. The summed E-state index contributed by atoms with van der Waals surface area (Å²) < 4.78 is 9.95. The number of methoxy groups -OCH3 is 1. The first-order valence-electron chi connectivity index (χ1n) is 5.07. The lowest BCUT2D eigenvalue weighted by molar-refractivity contribution is 0.372. The Kier molecular flexibility index (Phi) is 2.97. The number of aromatic nitrogens is 2. The van der Waals surface area contributed by atoms with Crippen molar-refractivity contribution in [2.75, 3.05) is 7.11 Å². The van der Waals surface area contributed by atoms with E-state index in [9.17, 15) is 5.11 Å². The Morgan fingerprint density at radius 3 is 2.82 bits per heavy atom. The molecule has 90 valence electrons. The quantitative estimate of drug-likeness (QED) is 0.830. The number of benzene rings is 1. The Hall–Kier alpha value is -2.08. The smallest absolute Gasteiger partial charge is 0.240 e. The van der Waals surface area contributed by atoms with E-state index in [2.05, 4.69) is 10.1 Å². The van der Waals surface area contributed by atoms with Gasteiger partial charge in [-0.15, -0.1) is 0 Å². The van der Waals surface area contributed by atoms with Crippen molar-refractivity contribution in [1.82, 2.24) is 10.1 Å². The minimum absolute atomic E-state index is 0.00290. The van der Waals surface area contributed by atoms with Gasteiger partial charge in [-0.1, -0.05) is 11.2 Å². The second kappa shape index (κ2) is 4.42. The van der Waals surface area contributed by atoms with Crippen LogP contribution >= 0.6 is 0 Å². The molecule has 0 aliphatic heterocycles. The fourth-order valence-corrected chi connectivity index (χ4v) is 1.56. The summed E-state index contributed by atoms with van der Waals surface area (Å²) in [7, 11) is 1.48. The topological polar surface area (TPSA) is 94.4 Å². The first-order chi connectivity index (χ1) is 8.17. The third kappa shape index (κ3) is 1.94. The van der Waals surface area contributed by atoms with Gasteiger partial charge in [-0.3, -0.25) is 0 Å². The van der Waals surface area contributed by atoms with E-state index in [1.165, 1.54) is 7.11 Å². The van der Waals surface area contributed by atoms with Gasteiger partial charge in [0.15, 0.2) is 11.5 Å². The predicted molar refractivity (Wildman–Crippen MR) is 60.6 cm³/mol. The Morgan fingerprint density at radius 2 is 2.24 bits per heavy atom. The average molecular weight is 235 g/mol. The number of hydrogen-bond donors (Lipinski definition) is 2. The molecule has 2 rings (SSSR count). The predicted octanol–water partition coefficient (Wildman–Crippen LogP) is 1.22. The Morgan fingerprint density at radius 1 is 1.47 bits per heavy atom. The Labute approximate surface area is 98.0 Å². The fourth-order valence-electron chi connectivity index (χ4n) is 1.56. The first kappa shape index (κ1) is 11.4. The number of phenolic OH excluding ortho intramolecular Hbond substituents is 1. The SMILES string of the molecule is COc1ccc(C)c(-c2noc(CN)n2)c1O. The Bertz CT molecular complexity index is 537. The number of aromatic hydroxyl groups is 1. The lowest BCUT2D eigenvalue weighted by Crippen LogP contribution is -1.96. The average Bonchev–Trinajstić information content (AvgIpc) is 2.78. The molecule has 6 nitrogen and oxygen atoms in total. The molecule has 0 amide bonds. The number of phenols is 1. The van der Waals surface area contributed by atoms with Crippen molar-refractivity contribution >= 4 is 0 Å². The van der Waals surface area contributed by atoms with Gasteiger partial charge in [-0.25, -0.2) is 0 Å². The molecule has 0 aliphatic rings. The molecule has 2 aromatic rings. The highest BCUT2D eigenvalue weighted by molar-refractivity contribution is 5.71. The molecule has 6 heteroatoms. The molecule has 0 bridgehead atoms. The number of nitrogens with two attached hydrogens (primary N) is 1. The second-order valence-electron chi connectivity index (χ2n) is 3.52. The monoisotopic (exact) mass is 235 g/mol. The van der Waals surface area contributed by atoms with Crippen LogP contribution in [-0.4, -0.2) is 22.4 Å². The van der Waals surface area contributed by atoms with Crippen LogP contribution in [-0.2, 0) is 6.54 Å². The van der Waals surface area contributed by atoms with E-state index >= 15 is 0 Å². The fraction of sp³-hybridized carbons (Fsp3) is 0.273. The first-order valence-corrected chi connectivity index (χ1v) is 5.07. The van der Waals surface area contributed by atoms with Crippen LogP contribution in [0, 0.1) is 6.92 Å². The van der Waals surface area contributed by atoms with Crippen LogP contribution in [0.1, 0.15) is 11.5 Å². The lowest BCUT2D eigenvalue weighted by Gasteiger charge is -2.08. The molecule has 1 aromatic carbocycles. The van der Waals surface area contributed by atoms with Crippen molar-refractivity contribution in [2.24, 2.45) is 5.73 Å². The number of aryl methyl sites for hydroxylation is 1. The van der Waals surface area contributed by atoms with Gasteiger partial charge in [0.25, 0.3) is 0 Å². The highest BCUT2D eigenvalue weighted by atomic mass is 16.5. The summed E-state index contributed by atoms with van der Waals surface area (Å²) in [6.07, 6.45) is 0. The molecule has 0 fully saturated rings. The van der Waals surface area contributed by atoms with E-state index < -0.39 is 0 Å². The molecule has 0 radical (unpaired) electrons. The van der Waals surface area contributed by atoms with Crippen LogP contribution in [0.5, 0.6) is 11.5 Å². The van der Waals surface area contributed by atoms with E-state index in [1.807, 2.05) is 13.0 Å². The zero-order chi connectivity index (χ0) is 12.4. The third-order valence-corrected chi connectivity index (χ3v) is 2.44. The van der Waals surface area contributed by atoms with Gasteiger partial charge in [-0.05, 0) is 18.6 Å². The van der Waals surface area contributed by atoms with Crippen LogP contribution in [0.25, 0.3) is 11.4 Å². The maximum atomic E-state index is 10.0. The van der Waals surface area contributed by atoms with E-state index in [0.29, 0.717) is 23.0 Å². The van der Waals surface area contributed by atoms with Crippen molar-refractivity contribution in [2.45, 2.75) is 13.5 Å². The van der Waals surface area contributed by atoms with Gasteiger partial charge < -0.3 is 20.1 Å². The van der Waals surface area contributed by atoms with Crippen LogP contribution in [0.15, 0.2) is 16.7 Å². The van der Waals surface area contributed by atoms with Gasteiger partial charge in [-0.2, -0.15) is 4.98 Å². The summed E-state index contributed by atoms with van der Waals surface area (Å²) in [6, 6.07) is 3.49. The van der Waals surface area contributed by atoms with Crippen LogP contribution in [0.2, 0.25) is 0 Å². The van der Waals surface area contributed by atoms with E-state index in [-0.39, 0.29) is 12.3 Å². The summed E-state index contributed by atoms with van der Waals surface area (Å²) in [6.45, 7) is 2.00. The highest BCUT2D eigenvalue weighted by Crippen LogP contribution is 2.37. The van der Waals surface area contributed by atoms with Crippen LogP contribution < -0.4 is 10.5 Å². The molecule has 0 spiro atoms. The zero-order valence-corrected chi connectivity index (χ0v) is 9.60. The molecule has 0 aliphatic carbocycles. The normalized spacial score (nSPS) is 10.5. The molecular formula is C11H13N3O3. The molecule has 1 aromatic heterocycles. The third-order valence-electron chi connectivity index (χ3n) is 2.44. The van der Waals surface area contributed by atoms with Crippen molar-refractivity contribution in [3.63, 3.8) is 0 Å². The summed E-state index contributed by atoms with van der Waals surface area (Å²) in [4.78, 5) is 4.08. The molecular weight excluding hydrogens is 222 g/mol. The van der Waals surface area contributed by atoms with Crippen molar-refractivity contribution in [3.05, 3.63) is 23.6 Å². The molecule has 17 heavy (non-hydrogen) atoms. The maximum Gasteiger partial charge on any atom is 0.240 e. The molecule has 1 heterocycles. The minimum atomic E-state index is -0.00290. The lowest BCUT2D eigenvalue weighted by atomic mass is 10.1. The number of rotatable bonds is 3. The largest absolute Gasteiger partial charge is 0.504 e. The molecule has 3 N–H and O–H groups in total. The summed E-state index contributed by atoms with van der Waals surface area (Å²) >= 11 is 0. The van der Waals surface area contributed by atoms with Gasteiger partial charge in [0.05, 0.1) is 19.2 Å². The van der Waals surface area contributed by atoms with E-state index in [0.717, 1.165) is 5.56 Å². The Balaban J connectivity index is 2.57. The zero-order valence-electron chi connectivity index (χ0n) is 9.60. The van der Waals surface area contributed by atoms with Gasteiger partial charge in [0, 0.05) is 0 Å². The minimum Gasteiger partial charge on any atom is -0.504 e. The summed E-state index contributed by atoms with van der Waals surface area (Å²) in [5.41, 5.74) is 6.71. The van der Waals surface area contributed by atoms with Gasteiger partial charge in [0.2, 0.25) is 11.7 Å². The molecule has 0 saturated carbocycles. The van der Waals surface area contributed by atoms with Crippen molar-refractivity contribution in [1.29, 1.82) is 0 Å². The number of ether oxygens (including phenoxy) is 1. The molecule has 0 atom stereocenters. The van der Waals surface area contributed by atoms with Crippen molar-refractivity contribution < 1.29 is 14.4 Å². The standard InChI is InChI=1S/C11H13N3O3/c1-6-3-4-7(16-2)10(15)9(6)11-13-8(5-12)17-14-11/h3-4,15H,5,12H2,1-2H3. The maximum absolute atomic E-state index is 10.0. The summed E-state index contributed by atoms with van der Waals surface area (Å²) in [5, 5.41) is 13.8. The highest BCUT2D eigenvalue weighted by Gasteiger charge is 2.17. The van der Waals surface area contributed by atoms with E-state index in [4.69, 9.17) is 15.0 Å². The second-order valence-corrected chi connectivity index (χ2v) is 3.52. The van der Waals surface area contributed by atoms with Crippen LogP contribution in [0.4, 0.5) is 0 Å². The van der Waals surface area contributed by atoms with Crippen molar-refractivity contribution in [3.8, 4) is 22.9 Å².